The molecule has 3 nitrogen and oxygen atoms in total. The highest BCUT2D eigenvalue weighted by atomic mass is 79.9. The van der Waals surface area contributed by atoms with Gasteiger partial charge < -0.3 is 10.1 Å². The molecule has 1 aliphatic rings. The van der Waals surface area contributed by atoms with Gasteiger partial charge in [-0.3, -0.25) is 0 Å². The first-order valence-corrected chi connectivity index (χ1v) is 7.74. The lowest BCUT2D eigenvalue weighted by atomic mass is 9.99. The van der Waals surface area contributed by atoms with Crippen LogP contribution in [0.25, 0.3) is 0 Å². The monoisotopic (exact) mass is 336 g/mol. The van der Waals surface area contributed by atoms with Crippen LogP contribution in [0.2, 0.25) is 0 Å². The normalized spacial score (nSPS) is 16.7. The number of nitrogens with zero attached hydrogens (tertiary/aromatic N) is 2. The minimum absolute atomic E-state index is 0.774. The van der Waals surface area contributed by atoms with Crippen molar-refractivity contribution in [2.45, 2.75) is 13.0 Å². The summed E-state index contributed by atoms with van der Waals surface area (Å²) >= 11 is 5.33. The number of benzene rings is 1. The van der Waals surface area contributed by atoms with Crippen LogP contribution in [0, 0.1) is 0 Å². The third-order valence-corrected chi connectivity index (χ3v) is 5.23. The molecule has 2 aromatic rings. The van der Waals surface area contributed by atoms with E-state index in [1.54, 1.807) is 11.3 Å². The summed E-state index contributed by atoms with van der Waals surface area (Å²) < 4.78 is 1.16. The van der Waals surface area contributed by atoms with Crippen LogP contribution in [0.5, 0.6) is 0 Å². The van der Waals surface area contributed by atoms with Crippen molar-refractivity contribution in [1.29, 1.82) is 0 Å². The summed E-state index contributed by atoms with van der Waals surface area (Å²) in [5, 5.41) is 14.6. The smallest absolute Gasteiger partial charge is 0.0906 e. The Balaban J connectivity index is 1.95. The predicted octanol–water partition coefficient (Wildman–Crippen LogP) is 4.10. The highest BCUT2D eigenvalue weighted by Gasteiger charge is 2.22. The Kier molecular flexibility index (Phi) is 3.57. The van der Waals surface area contributed by atoms with Crippen molar-refractivity contribution in [3.63, 3.8) is 0 Å². The molecule has 0 fully saturated rings. The van der Waals surface area contributed by atoms with E-state index < -0.39 is 0 Å². The summed E-state index contributed by atoms with van der Waals surface area (Å²) in [7, 11) is 0. The fourth-order valence-electron chi connectivity index (χ4n) is 2.37. The van der Waals surface area contributed by atoms with Crippen LogP contribution < -0.4 is 4.90 Å². The Morgan fingerprint density at radius 2 is 2.16 bits per heavy atom. The topological polar surface area (TPSA) is 35.8 Å². The molecule has 1 aromatic carbocycles. The van der Waals surface area contributed by atoms with Gasteiger partial charge in [0.15, 0.2) is 0 Å². The van der Waals surface area contributed by atoms with Crippen molar-refractivity contribution in [3.8, 4) is 0 Å². The first-order valence-electron chi connectivity index (χ1n) is 6.06. The number of para-hydroxylation sites is 1. The molecule has 1 aromatic heterocycles. The first kappa shape index (κ1) is 12.7. The molecule has 0 atom stereocenters. The average molecular weight is 337 g/mol. The SMILES string of the molecule is ON=C1CCN(Cc2sccc2Br)c2ccccc21. The van der Waals surface area contributed by atoms with Crippen LogP contribution in [-0.2, 0) is 6.54 Å². The third kappa shape index (κ3) is 2.40. The van der Waals surface area contributed by atoms with Crippen molar-refractivity contribution in [1.82, 2.24) is 0 Å². The van der Waals surface area contributed by atoms with Gasteiger partial charge in [0.1, 0.15) is 0 Å². The fraction of sp³-hybridized carbons (Fsp3) is 0.214. The second-order valence-corrected chi connectivity index (χ2v) is 6.28. The zero-order valence-electron chi connectivity index (χ0n) is 10.2. The summed E-state index contributed by atoms with van der Waals surface area (Å²) in [6.07, 6.45) is 0.774. The summed E-state index contributed by atoms with van der Waals surface area (Å²) in [4.78, 5) is 3.65. The van der Waals surface area contributed by atoms with Gasteiger partial charge in [-0.1, -0.05) is 23.4 Å². The lowest BCUT2D eigenvalue weighted by Gasteiger charge is -2.31. The van der Waals surface area contributed by atoms with Crippen LogP contribution in [0.15, 0.2) is 45.3 Å². The van der Waals surface area contributed by atoms with Crippen molar-refractivity contribution >= 4 is 38.7 Å². The number of anilines is 1. The van der Waals surface area contributed by atoms with Gasteiger partial charge in [0.05, 0.1) is 12.3 Å². The lowest BCUT2D eigenvalue weighted by molar-refractivity contribution is 0.317. The van der Waals surface area contributed by atoms with Crippen LogP contribution in [0.3, 0.4) is 0 Å². The summed E-state index contributed by atoms with van der Waals surface area (Å²) in [6.45, 7) is 1.76. The van der Waals surface area contributed by atoms with Crippen LogP contribution in [-0.4, -0.2) is 17.5 Å². The Hall–Kier alpha value is -1.33. The van der Waals surface area contributed by atoms with Crippen molar-refractivity contribution < 1.29 is 5.21 Å². The Morgan fingerprint density at radius 1 is 1.32 bits per heavy atom. The summed E-state index contributed by atoms with van der Waals surface area (Å²) in [5.41, 5.74) is 2.95. The Labute approximate surface area is 124 Å². The highest BCUT2D eigenvalue weighted by molar-refractivity contribution is 9.10. The molecule has 0 saturated heterocycles. The molecule has 0 aliphatic carbocycles. The van der Waals surface area contributed by atoms with Crippen molar-refractivity contribution in [2.24, 2.45) is 5.16 Å². The number of halogens is 1. The molecule has 0 amide bonds. The van der Waals surface area contributed by atoms with Gasteiger partial charge >= 0.3 is 0 Å². The minimum Gasteiger partial charge on any atom is -0.411 e. The molecule has 1 N–H and O–H groups in total. The van der Waals surface area contributed by atoms with E-state index >= 15 is 0 Å². The highest BCUT2D eigenvalue weighted by Crippen LogP contribution is 2.31. The summed E-state index contributed by atoms with van der Waals surface area (Å²) in [6, 6.07) is 10.2. The number of hydrogen-bond donors (Lipinski definition) is 1. The van der Waals surface area contributed by atoms with E-state index in [2.05, 4.69) is 43.5 Å². The van der Waals surface area contributed by atoms with Crippen molar-refractivity contribution in [3.05, 3.63) is 50.6 Å². The zero-order valence-corrected chi connectivity index (χ0v) is 12.6. The summed E-state index contributed by atoms with van der Waals surface area (Å²) in [5.74, 6) is 0. The average Bonchev–Trinajstić information content (AvgIpc) is 2.85. The quantitative estimate of drug-likeness (QED) is 0.662. The van der Waals surface area contributed by atoms with Gasteiger partial charge in [0.2, 0.25) is 0 Å². The van der Waals surface area contributed by atoms with E-state index in [9.17, 15) is 0 Å². The second kappa shape index (κ2) is 5.35. The minimum atomic E-state index is 0.774. The molecule has 0 saturated carbocycles. The number of hydrogen-bond acceptors (Lipinski definition) is 4. The molecule has 0 unspecified atom stereocenters. The van der Waals surface area contributed by atoms with Gasteiger partial charge in [-0.25, -0.2) is 0 Å². The third-order valence-electron chi connectivity index (χ3n) is 3.32. The van der Waals surface area contributed by atoms with Crippen molar-refractivity contribution in [2.75, 3.05) is 11.4 Å². The molecule has 2 heterocycles. The van der Waals surface area contributed by atoms with E-state index in [1.165, 1.54) is 4.88 Å². The molecule has 19 heavy (non-hydrogen) atoms. The molecule has 3 rings (SSSR count). The first-order chi connectivity index (χ1) is 9.29. The maximum atomic E-state index is 9.09. The Bertz CT molecular complexity index is 623. The van der Waals surface area contributed by atoms with Crippen LogP contribution in [0.4, 0.5) is 5.69 Å². The zero-order chi connectivity index (χ0) is 13.2. The number of fused-ring (bicyclic) bond motifs is 1. The number of thiophene rings is 1. The van der Waals surface area contributed by atoms with Crippen LogP contribution in [0.1, 0.15) is 16.9 Å². The van der Waals surface area contributed by atoms with Gasteiger partial charge in [-0.15, -0.1) is 11.3 Å². The van der Waals surface area contributed by atoms with E-state index in [-0.39, 0.29) is 0 Å². The molecule has 1 aliphatic heterocycles. The lowest BCUT2D eigenvalue weighted by Crippen LogP contribution is -2.31. The second-order valence-electron chi connectivity index (χ2n) is 4.43. The Morgan fingerprint density at radius 3 is 2.89 bits per heavy atom. The van der Waals surface area contributed by atoms with Gasteiger partial charge in [-0.05, 0) is 33.4 Å². The molecule has 98 valence electrons. The largest absolute Gasteiger partial charge is 0.411 e. The molecule has 5 heteroatoms. The van der Waals surface area contributed by atoms with E-state index in [4.69, 9.17) is 5.21 Å². The molecular weight excluding hydrogens is 324 g/mol. The van der Waals surface area contributed by atoms with E-state index in [1.807, 2.05) is 18.2 Å². The van der Waals surface area contributed by atoms with E-state index in [0.29, 0.717) is 0 Å². The maximum absolute atomic E-state index is 9.09. The van der Waals surface area contributed by atoms with E-state index in [0.717, 1.165) is 40.9 Å². The molecule has 0 spiro atoms. The van der Waals surface area contributed by atoms with Crippen LogP contribution >= 0.6 is 27.3 Å². The predicted molar refractivity (Wildman–Crippen MR) is 82.5 cm³/mol. The van der Waals surface area contributed by atoms with Gasteiger partial charge in [0, 0.05) is 33.6 Å². The molecule has 0 bridgehead atoms. The number of rotatable bonds is 2. The molecule has 0 radical (unpaired) electrons. The molecular formula is C14H13BrN2OS. The van der Waals surface area contributed by atoms with Gasteiger partial charge in [0.25, 0.3) is 0 Å². The standard InChI is InChI=1S/C14H13BrN2OS/c15-11-6-8-19-14(11)9-17-7-5-12(16-18)10-3-1-2-4-13(10)17/h1-4,6,8,18H,5,7,9H2. The number of oxime groups is 1. The maximum Gasteiger partial charge on any atom is 0.0906 e. The van der Waals surface area contributed by atoms with Gasteiger partial charge in [-0.2, -0.15) is 0 Å². The fourth-order valence-corrected chi connectivity index (χ4v) is 3.86.